The Morgan fingerprint density at radius 3 is 2.48 bits per heavy atom. The van der Waals surface area contributed by atoms with Crippen LogP contribution in [0.5, 0.6) is 11.5 Å². The first-order valence-corrected chi connectivity index (χ1v) is 12.1. The Labute approximate surface area is 194 Å². The Kier molecular flexibility index (Phi) is 7.60. The second kappa shape index (κ2) is 10.2. The fourth-order valence-electron chi connectivity index (χ4n) is 3.82. The molecular formula is C23H29N3O6S. The third-order valence-electron chi connectivity index (χ3n) is 5.62. The number of benzene rings is 2. The van der Waals surface area contributed by atoms with Gasteiger partial charge in [-0.05, 0) is 30.3 Å². The van der Waals surface area contributed by atoms with E-state index in [2.05, 4.69) is 5.32 Å². The van der Waals surface area contributed by atoms with Gasteiger partial charge in [-0.2, -0.15) is 4.31 Å². The summed E-state index contributed by atoms with van der Waals surface area (Å²) in [5.74, 6) is -0.0753. The molecule has 0 radical (unpaired) electrons. The highest BCUT2D eigenvalue weighted by molar-refractivity contribution is 7.89. The number of carbonyl (C=O) groups excluding carboxylic acids is 2. The van der Waals surface area contributed by atoms with Gasteiger partial charge in [-0.15, -0.1) is 0 Å². The predicted octanol–water partition coefficient (Wildman–Crippen LogP) is 2.73. The molecule has 1 aliphatic rings. The number of amides is 2. The summed E-state index contributed by atoms with van der Waals surface area (Å²) in [4.78, 5) is 27.2. The van der Waals surface area contributed by atoms with E-state index in [9.17, 15) is 18.0 Å². The van der Waals surface area contributed by atoms with Crippen molar-refractivity contribution in [3.05, 3.63) is 42.5 Å². The Hall–Kier alpha value is -3.11. The summed E-state index contributed by atoms with van der Waals surface area (Å²) >= 11 is 0. The van der Waals surface area contributed by atoms with E-state index in [0.29, 0.717) is 36.0 Å². The number of carbonyl (C=O) groups is 2. The summed E-state index contributed by atoms with van der Waals surface area (Å²) in [6, 6.07) is 11.3. The molecule has 1 fully saturated rings. The number of rotatable bonds is 9. The standard InChI is InChI=1S/C23H29N3O6S/c1-5-25(6-2)33(29,30)19-9-7-8-17(13-19)24-23(28)16-12-22(27)26(15-16)20-11-10-18(31-3)14-21(20)32-4/h7-11,13-14,16H,5-6,12,15H2,1-4H3,(H,24,28). The molecule has 1 aliphatic heterocycles. The van der Waals surface area contributed by atoms with Crippen LogP contribution in [0.25, 0.3) is 0 Å². The highest BCUT2D eigenvalue weighted by atomic mass is 32.2. The van der Waals surface area contributed by atoms with Gasteiger partial charge in [0.2, 0.25) is 21.8 Å². The van der Waals surface area contributed by atoms with E-state index in [4.69, 9.17) is 9.47 Å². The lowest BCUT2D eigenvalue weighted by atomic mass is 10.1. The molecule has 2 amide bonds. The molecule has 2 aromatic rings. The second-order valence-corrected chi connectivity index (χ2v) is 9.49. The number of anilines is 2. The number of nitrogens with one attached hydrogen (secondary N) is 1. The lowest BCUT2D eigenvalue weighted by molar-refractivity contribution is -0.122. The third kappa shape index (κ3) is 5.12. The van der Waals surface area contributed by atoms with Crippen LogP contribution < -0.4 is 19.7 Å². The van der Waals surface area contributed by atoms with Gasteiger partial charge in [0, 0.05) is 37.8 Å². The molecular weight excluding hydrogens is 446 g/mol. The summed E-state index contributed by atoms with van der Waals surface area (Å²) in [5.41, 5.74) is 0.923. The molecule has 0 saturated carbocycles. The number of nitrogens with zero attached hydrogens (tertiary/aromatic N) is 2. The highest BCUT2D eigenvalue weighted by Gasteiger charge is 2.36. The van der Waals surface area contributed by atoms with Crippen LogP contribution in [-0.2, 0) is 19.6 Å². The van der Waals surface area contributed by atoms with Crippen molar-refractivity contribution in [2.45, 2.75) is 25.2 Å². The fourth-order valence-corrected chi connectivity index (χ4v) is 5.32. The van der Waals surface area contributed by atoms with Gasteiger partial charge in [0.15, 0.2) is 0 Å². The molecule has 1 heterocycles. The van der Waals surface area contributed by atoms with Crippen molar-refractivity contribution in [2.24, 2.45) is 5.92 Å². The molecule has 1 atom stereocenters. The normalized spacial score (nSPS) is 16.2. The zero-order valence-corrected chi connectivity index (χ0v) is 20.0. The molecule has 1 N–H and O–H groups in total. The van der Waals surface area contributed by atoms with Gasteiger partial charge in [0.05, 0.1) is 30.7 Å². The fraction of sp³-hybridized carbons (Fsp3) is 0.391. The number of methoxy groups -OCH3 is 2. The van der Waals surface area contributed by atoms with Crippen molar-refractivity contribution in [1.82, 2.24) is 4.31 Å². The SMILES string of the molecule is CCN(CC)S(=O)(=O)c1cccc(NC(=O)C2CC(=O)N(c3ccc(OC)cc3OC)C2)c1. The van der Waals surface area contributed by atoms with E-state index in [0.717, 1.165) is 0 Å². The monoisotopic (exact) mass is 475 g/mol. The molecule has 1 saturated heterocycles. The van der Waals surface area contributed by atoms with Gasteiger partial charge in [0.1, 0.15) is 11.5 Å². The molecule has 3 rings (SSSR count). The quantitative estimate of drug-likeness (QED) is 0.598. The third-order valence-corrected chi connectivity index (χ3v) is 7.66. The zero-order chi connectivity index (χ0) is 24.2. The van der Waals surface area contributed by atoms with Gasteiger partial charge in [-0.3, -0.25) is 9.59 Å². The predicted molar refractivity (Wildman–Crippen MR) is 125 cm³/mol. The smallest absolute Gasteiger partial charge is 0.243 e. The van der Waals surface area contributed by atoms with Crippen LogP contribution in [-0.4, -0.2) is 58.4 Å². The Bertz CT molecular complexity index is 1130. The summed E-state index contributed by atoms with van der Waals surface area (Å²) in [6.07, 6.45) is 0.0401. The Morgan fingerprint density at radius 1 is 1.12 bits per heavy atom. The first kappa shape index (κ1) is 24.5. The molecule has 10 heteroatoms. The number of ether oxygens (including phenoxy) is 2. The van der Waals surface area contributed by atoms with Crippen molar-refractivity contribution in [3.63, 3.8) is 0 Å². The molecule has 0 aliphatic carbocycles. The van der Waals surface area contributed by atoms with Gasteiger partial charge in [-0.1, -0.05) is 19.9 Å². The minimum atomic E-state index is -3.65. The van der Waals surface area contributed by atoms with E-state index in [1.807, 2.05) is 0 Å². The summed E-state index contributed by atoms with van der Waals surface area (Å²) in [6.45, 7) is 4.43. The van der Waals surface area contributed by atoms with Crippen LogP contribution in [0.4, 0.5) is 11.4 Å². The maximum absolute atomic E-state index is 12.9. The lowest BCUT2D eigenvalue weighted by Gasteiger charge is -2.20. The molecule has 1 unspecified atom stereocenters. The zero-order valence-electron chi connectivity index (χ0n) is 19.2. The van der Waals surface area contributed by atoms with Crippen LogP contribution in [0.2, 0.25) is 0 Å². The first-order valence-electron chi connectivity index (χ1n) is 10.7. The topological polar surface area (TPSA) is 105 Å². The molecule has 33 heavy (non-hydrogen) atoms. The Balaban J connectivity index is 1.76. The van der Waals surface area contributed by atoms with Crippen LogP contribution >= 0.6 is 0 Å². The van der Waals surface area contributed by atoms with Crippen LogP contribution in [0.1, 0.15) is 20.3 Å². The van der Waals surface area contributed by atoms with Crippen molar-refractivity contribution >= 4 is 33.2 Å². The maximum Gasteiger partial charge on any atom is 0.243 e. The van der Waals surface area contributed by atoms with Gasteiger partial charge in [-0.25, -0.2) is 8.42 Å². The van der Waals surface area contributed by atoms with Gasteiger partial charge in [0.25, 0.3) is 0 Å². The van der Waals surface area contributed by atoms with Crippen LogP contribution in [0.15, 0.2) is 47.4 Å². The number of hydrogen-bond acceptors (Lipinski definition) is 6. The van der Waals surface area contributed by atoms with Crippen LogP contribution in [0, 0.1) is 5.92 Å². The molecule has 9 nitrogen and oxygen atoms in total. The van der Waals surface area contributed by atoms with Gasteiger partial charge < -0.3 is 19.7 Å². The van der Waals surface area contributed by atoms with E-state index in [1.165, 1.54) is 35.6 Å². The summed E-state index contributed by atoms with van der Waals surface area (Å²) in [5, 5.41) is 2.76. The molecule has 0 spiro atoms. The summed E-state index contributed by atoms with van der Waals surface area (Å²) in [7, 11) is -0.608. The second-order valence-electron chi connectivity index (χ2n) is 7.55. The molecule has 0 aromatic heterocycles. The largest absolute Gasteiger partial charge is 0.497 e. The minimum absolute atomic E-state index is 0.0401. The molecule has 178 valence electrons. The Morgan fingerprint density at radius 2 is 1.85 bits per heavy atom. The van der Waals surface area contributed by atoms with E-state index in [-0.39, 0.29) is 29.7 Å². The van der Waals surface area contributed by atoms with E-state index < -0.39 is 15.9 Å². The van der Waals surface area contributed by atoms with E-state index >= 15 is 0 Å². The highest BCUT2D eigenvalue weighted by Crippen LogP contribution is 2.36. The van der Waals surface area contributed by atoms with Crippen molar-refractivity contribution in [3.8, 4) is 11.5 Å². The number of hydrogen-bond donors (Lipinski definition) is 1. The van der Waals surface area contributed by atoms with Crippen molar-refractivity contribution in [1.29, 1.82) is 0 Å². The average molecular weight is 476 g/mol. The van der Waals surface area contributed by atoms with E-state index in [1.54, 1.807) is 44.2 Å². The molecule has 0 bridgehead atoms. The van der Waals surface area contributed by atoms with Crippen LogP contribution in [0.3, 0.4) is 0 Å². The summed E-state index contributed by atoms with van der Waals surface area (Å²) < 4.78 is 37.5. The molecule has 2 aromatic carbocycles. The maximum atomic E-state index is 12.9. The van der Waals surface area contributed by atoms with Gasteiger partial charge >= 0.3 is 0 Å². The van der Waals surface area contributed by atoms with Crippen molar-refractivity contribution < 1.29 is 27.5 Å². The average Bonchev–Trinajstić information content (AvgIpc) is 3.21. The minimum Gasteiger partial charge on any atom is -0.497 e. The number of sulfonamides is 1. The first-order chi connectivity index (χ1) is 15.7. The lowest BCUT2D eigenvalue weighted by Crippen LogP contribution is -2.31. The van der Waals surface area contributed by atoms with Crippen molar-refractivity contribution in [2.75, 3.05) is 44.1 Å².